The SMILES string of the molecule is CC1(NC(=O)C2CN(Cc3cccc(Cl)c3)N(c3cccc(C(F)(F)F)c3)C2)CC2(O)CC3CC3(C2)C1. The molecule has 1 spiro atoms. The number of hydrazine groups is 1. The Balaban J connectivity index is 1.24. The van der Waals surface area contributed by atoms with Gasteiger partial charge in [-0.15, -0.1) is 0 Å². The van der Waals surface area contributed by atoms with Gasteiger partial charge in [0.2, 0.25) is 5.91 Å². The van der Waals surface area contributed by atoms with Crippen LogP contribution < -0.4 is 10.3 Å². The molecule has 3 saturated carbocycles. The molecule has 5 atom stereocenters. The van der Waals surface area contributed by atoms with Crippen LogP contribution in [0.5, 0.6) is 0 Å². The Bertz CT molecular complexity index is 1230. The highest BCUT2D eigenvalue weighted by molar-refractivity contribution is 6.30. The van der Waals surface area contributed by atoms with E-state index in [0.717, 1.165) is 43.4 Å². The molecule has 2 aromatic carbocycles. The molecule has 2 N–H and O–H groups in total. The van der Waals surface area contributed by atoms with E-state index in [1.165, 1.54) is 6.07 Å². The topological polar surface area (TPSA) is 55.8 Å². The summed E-state index contributed by atoms with van der Waals surface area (Å²) < 4.78 is 40.4. The van der Waals surface area contributed by atoms with Crippen LogP contribution >= 0.6 is 11.6 Å². The number of rotatable bonds is 5. The maximum atomic E-state index is 13.6. The minimum atomic E-state index is -4.46. The number of hydrogen-bond donors (Lipinski definition) is 2. The lowest BCUT2D eigenvalue weighted by Crippen LogP contribution is -2.56. The molecule has 0 aromatic heterocycles. The Hall–Kier alpha value is -2.29. The predicted octanol–water partition coefficient (Wildman–Crippen LogP) is 5.41. The van der Waals surface area contributed by atoms with E-state index in [-0.39, 0.29) is 17.9 Å². The van der Waals surface area contributed by atoms with E-state index >= 15 is 0 Å². The number of carbonyl (C=O) groups excluding carboxylic acids is 1. The number of alkyl halides is 3. The quantitative estimate of drug-likeness (QED) is 0.539. The fraction of sp³-hybridized carbons (Fsp3) is 0.536. The molecule has 1 heterocycles. The first-order chi connectivity index (χ1) is 17.4. The van der Waals surface area contributed by atoms with Gasteiger partial charge in [-0.05, 0) is 86.3 Å². The van der Waals surface area contributed by atoms with E-state index < -0.39 is 28.8 Å². The smallest absolute Gasteiger partial charge is 0.390 e. The normalized spacial score (nSPS) is 34.9. The fourth-order valence-electron chi connectivity index (χ4n) is 7.60. The number of nitrogens with zero attached hydrogens (tertiary/aromatic N) is 2. The Morgan fingerprint density at radius 3 is 2.62 bits per heavy atom. The molecule has 0 radical (unpaired) electrons. The molecule has 5 unspecified atom stereocenters. The molecule has 1 saturated heterocycles. The van der Waals surface area contributed by atoms with Gasteiger partial charge in [0.05, 0.1) is 22.8 Å². The second kappa shape index (κ2) is 8.35. The van der Waals surface area contributed by atoms with E-state index in [1.807, 2.05) is 30.1 Å². The molecule has 4 aliphatic rings. The number of amides is 1. The highest BCUT2D eigenvalue weighted by Crippen LogP contribution is 2.73. The lowest BCUT2D eigenvalue weighted by Gasteiger charge is -2.45. The summed E-state index contributed by atoms with van der Waals surface area (Å²) >= 11 is 6.17. The van der Waals surface area contributed by atoms with Crippen molar-refractivity contribution in [1.82, 2.24) is 10.3 Å². The maximum absolute atomic E-state index is 13.6. The Morgan fingerprint density at radius 1 is 1.11 bits per heavy atom. The summed E-state index contributed by atoms with van der Waals surface area (Å²) in [5.74, 6) is 0.00569. The molecule has 1 aliphatic heterocycles. The number of aliphatic hydroxyl groups is 1. The monoisotopic (exact) mass is 533 g/mol. The molecular formula is C28H31ClF3N3O2. The average molecular weight is 534 g/mol. The molecule has 6 rings (SSSR count). The van der Waals surface area contributed by atoms with Gasteiger partial charge in [-0.2, -0.15) is 13.2 Å². The van der Waals surface area contributed by atoms with Crippen LogP contribution in [-0.2, 0) is 17.5 Å². The van der Waals surface area contributed by atoms with Gasteiger partial charge in [-0.25, -0.2) is 5.01 Å². The Labute approximate surface area is 219 Å². The molecule has 2 aromatic rings. The van der Waals surface area contributed by atoms with Gasteiger partial charge in [0.1, 0.15) is 0 Å². The molecule has 198 valence electrons. The zero-order valence-electron chi connectivity index (χ0n) is 20.7. The van der Waals surface area contributed by atoms with Crippen molar-refractivity contribution in [3.05, 3.63) is 64.7 Å². The van der Waals surface area contributed by atoms with Gasteiger partial charge < -0.3 is 15.4 Å². The van der Waals surface area contributed by atoms with Crippen molar-refractivity contribution in [2.75, 3.05) is 18.1 Å². The minimum absolute atomic E-state index is 0.119. The van der Waals surface area contributed by atoms with Crippen molar-refractivity contribution in [2.24, 2.45) is 17.3 Å². The first-order valence-corrected chi connectivity index (χ1v) is 13.2. The molecule has 9 heteroatoms. The summed E-state index contributed by atoms with van der Waals surface area (Å²) in [6.45, 7) is 3.06. The standard InChI is InChI=1S/C28H31ClF3N3O2/c1-25(15-26-10-21(26)11-27(37,16-25)17-26)33-24(36)19-13-34(12-18-4-2-6-22(29)8-18)35(14-19)23-7-3-5-20(9-23)28(30,31)32/h2-9,19,21,37H,10-17H2,1H3,(H,33,36). The average Bonchev–Trinajstić information content (AvgIpc) is 3.13. The van der Waals surface area contributed by atoms with Crippen LogP contribution in [0.1, 0.15) is 50.2 Å². The third-order valence-corrected chi connectivity index (χ3v) is 9.05. The third kappa shape index (κ3) is 4.72. The Kier molecular flexibility index (Phi) is 5.65. The highest BCUT2D eigenvalue weighted by Gasteiger charge is 2.70. The van der Waals surface area contributed by atoms with Gasteiger partial charge in [-0.3, -0.25) is 4.79 Å². The molecule has 37 heavy (non-hydrogen) atoms. The van der Waals surface area contributed by atoms with Crippen LogP contribution in [-0.4, -0.2) is 40.3 Å². The van der Waals surface area contributed by atoms with Crippen LogP contribution in [0.15, 0.2) is 48.5 Å². The van der Waals surface area contributed by atoms with Crippen molar-refractivity contribution >= 4 is 23.2 Å². The summed E-state index contributed by atoms with van der Waals surface area (Å²) in [6, 6.07) is 12.6. The number of hydrogen-bond acceptors (Lipinski definition) is 4. The van der Waals surface area contributed by atoms with Crippen LogP contribution in [0.25, 0.3) is 0 Å². The first kappa shape index (κ1) is 25.0. The summed E-state index contributed by atoms with van der Waals surface area (Å²) in [6.07, 6.45) is -0.273. The van der Waals surface area contributed by atoms with Crippen LogP contribution in [0.3, 0.4) is 0 Å². The zero-order chi connectivity index (χ0) is 26.2. The molecule has 3 aliphatic carbocycles. The molecule has 5 nitrogen and oxygen atoms in total. The number of benzene rings is 2. The highest BCUT2D eigenvalue weighted by atomic mass is 35.5. The number of halogens is 4. The second-order valence-electron chi connectivity index (χ2n) is 12.1. The van der Waals surface area contributed by atoms with E-state index in [2.05, 4.69) is 5.32 Å². The van der Waals surface area contributed by atoms with Crippen molar-refractivity contribution in [1.29, 1.82) is 0 Å². The van der Waals surface area contributed by atoms with Gasteiger partial charge in [0.15, 0.2) is 0 Å². The fourth-order valence-corrected chi connectivity index (χ4v) is 7.81. The van der Waals surface area contributed by atoms with Crippen molar-refractivity contribution in [3.63, 3.8) is 0 Å². The largest absolute Gasteiger partial charge is 0.416 e. The molecule has 4 fully saturated rings. The second-order valence-corrected chi connectivity index (χ2v) is 12.5. The van der Waals surface area contributed by atoms with E-state index in [9.17, 15) is 23.1 Å². The lowest BCUT2D eigenvalue weighted by atomic mass is 9.70. The van der Waals surface area contributed by atoms with Gasteiger partial charge in [0.25, 0.3) is 0 Å². The summed E-state index contributed by atoms with van der Waals surface area (Å²) in [7, 11) is 0. The number of carbonyl (C=O) groups is 1. The van der Waals surface area contributed by atoms with Crippen molar-refractivity contribution in [3.8, 4) is 0 Å². The van der Waals surface area contributed by atoms with Gasteiger partial charge in [-0.1, -0.05) is 29.8 Å². The molecule has 1 amide bonds. The van der Waals surface area contributed by atoms with Crippen LogP contribution in [0, 0.1) is 17.3 Å². The lowest BCUT2D eigenvalue weighted by molar-refractivity contribution is -0.137. The van der Waals surface area contributed by atoms with E-state index in [4.69, 9.17) is 11.6 Å². The van der Waals surface area contributed by atoms with Gasteiger partial charge >= 0.3 is 6.18 Å². The molecule has 2 bridgehead atoms. The molecular weight excluding hydrogens is 503 g/mol. The summed E-state index contributed by atoms with van der Waals surface area (Å²) in [5.41, 5.74) is -0.464. The van der Waals surface area contributed by atoms with Crippen molar-refractivity contribution in [2.45, 2.75) is 62.9 Å². The zero-order valence-corrected chi connectivity index (χ0v) is 21.4. The number of anilines is 1. The Morgan fingerprint density at radius 2 is 1.89 bits per heavy atom. The van der Waals surface area contributed by atoms with E-state index in [0.29, 0.717) is 36.1 Å². The first-order valence-electron chi connectivity index (χ1n) is 12.8. The van der Waals surface area contributed by atoms with E-state index in [1.54, 1.807) is 17.1 Å². The number of nitrogens with one attached hydrogen (secondary N) is 1. The van der Waals surface area contributed by atoms with Crippen LogP contribution in [0.2, 0.25) is 5.02 Å². The third-order valence-electron chi connectivity index (χ3n) is 8.82. The van der Waals surface area contributed by atoms with Gasteiger partial charge in [0, 0.05) is 30.2 Å². The van der Waals surface area contributed by atoms with Crippen LogP contribution in [0.4, 0.5) is 18.9 Å². The maximum Gasteiger partial charge on any atom is 0.416 e. The number of fused-ring (bicyclic) bond motifs is 1. The predicted molar refractivity (Wildman–Crippen MR) is 135 cm³/mol. The summed E-state index contributed by atoms with van der Waals surface area (Å²) in [5, 5.41) is 18.6. The summed E-state index contributed by atoms with van der Waals surface area (Å²) in [4.78, 5) is 13.6. The van der Waals surface area contributed by atoms with Crippen molar-refractivity contribution < 1.29 is 23.1 Å². The minimum Gasteiger partial charge on any atom is -0.390 e.